The van der Waals surface area contributed by atoms with Crippen molar-refractivity contribution in [1.29, 1.82) is 0 Å². The van der Waals surface area contributed by atoms with Crippen LogP contribution in [0.2, 0.25) is 0 Å². The summed E-state index contributed by atoms with van der Waals surface area (Å²) >= 11 is 0. The number of rotatable bonds is 2. The number of aryl methyl sites for hydroxylation is 1. The predicted octanol–water partition coefficient (Wildman–Crippen LogP) is 0.272. The van der Waals surface area contributed by atoms with Gasteiger partial charge in [-0.2, -0.15) is 0 Å². The summed E-state index contributed by atoms with van der Waals surface area (Å²) in [4.78, 5) is 11.3. The summed E-state index contributed by atoms with van der Waals surface area (Å²) < 4.78 is 23.6. The average molecular weight is 201 g/mol. The molecule has 0 spiro atoms. The van der Waals surface area contributed by atoms with Crippen LogP contribution in [0.3, 0.4) is 0 Å². The number of hydrogen-bond acceptors (Lipinski definition) is 3. The third-order valence-electron chi connectivity index (χ3n) is 1.73. The van der Waals surface area contributed by atoms with Crippen molar-refractivity contribution in [1.82, 2.24) is 4.57 Å². The van der Waals surface area contributed by atoms with E-state index in [-0.39, 0.29) is 10.5 Å². The van der Waals surface area contributed by atoms with Crippen LogP contribution in [-0.4, -0.2) is 19.2 Å². The van der Waals surface area contributed by atoms with Crippen LogP contribution >= 0.6 is 0 Å². The molecular formula is C8H11NO3S. The van der Waals surface area contributed by atoms with Gasteiger partial charge >= 0.3 is 0 Å². The summed E-state index contributed by atoms with van der Waals surface area (Å²) in [5.41, 5.74) is -0.185. The van der Waals surface area contributed by atoms with Crippen LogP contribution in [0.4, 0.5) is 0 Å². The lowest BCUT2D eigenvalue weighted by atomic mass is 10.5. The minimum atomic E-state index is -3.21. The van der Waals surface area contributed by atoms with E-state index in [1.807, 2.05) is 0 Å². The minimum Gasteiger partial charge on any atom is -0.315 e. The molecule has 0 amide bonds. The first-order valence-corrected chi connectivity index (χ1v) is 5.75. The van der Waals surface area contributed by atoms with E-state index in [1.54, 1.807) is 6.92 Å². The number of hydrogen-bond donors (Lipinski definition) is 0. The molecule has 72 valence electrons. The summed E-state index contributed by atoms with van der Waals surface area (Å²) in [6.07, 6.45) is 2.48. The highest BCUT2D eigenvalue weighted by Gasteiger charge is 2.07. The van der Waals surface area contributed by atoms with Crippen molar-refractivity contribution in [3.63, 3.8) is 0 Å². The van der Waals surface area contributed by atoms with E-state index in [0.29, 0.717) is 6.54 Å². The maximum absolute atomic E-state index is 11.1. The molecule has 1 aromatic heterocycles. The molecular weight excluding hydrogens is 190 g/mol. The first kappa shape index (κ1) is 9.98. The Kier molecular flexibility index (Phi) is 2.56. The number of pyridine rings is 1. The predicted molar refractivity (Wildman–Crippen MR) is 49.5 cm³/mol. The number of aromatic nitrogens is 1. The van der Waals surface area contributed by atoms with Gasteiger partial charge in [0.05, 0.1) is 4.90 Å². The quantitative estimate of drug-likeness (QED) is 0.690. The van der Waals surface area contributed by atoms with Crippen LogP contribution in [0.5, 0.6) is 0 Å². The average Bonchev–Trinajstić information content (AvgIpc) is 2.03. The molecule has 0 fully saturated rings. The lowest BCUT2D eigenvalue weighted by Gasteiger charge is -2.03. The molecule has 0 N–H and O–H groups in total. The second-order valence-electron chi connectivity index (χ2n) is 2.76. The summed E-state index contributed by atoms with van der Waals surface area (Å²) in [5.74, 6) is 0. The molecule has 0 bridgehead atoms. The lowest BCUT2D eigenvalue weighted by Crippen LogP contribution is -2.18. The van der Waals surface area contributed by atoms with Crippen molar-refractivity contribution in [3.8, 4) is 0 Å². The molecule has 0 saturated carbocycles. The first-order chi connectivity index (χ1) is 5.95. The van der Waals surface area contributed by atoms with E-state index in [9.17, 15) is 13.2 Å². The molecule has 1 aromatic rings. The largest absolute Gasteiger partial charge is 0.315 e. The minimum absolute atomic E-state index is 0.175. The maximum atomic E-state index is 11.1. The van der Waals surface area contributed by atoms with E-state index >= 15 is 0 Å². The van der Waals surface area contributed by atoms with Gasteiger partial charge in [0.2, 0.25) is 0 Å². The van der Waals surface area contributed by atoms with Crippen LogP contribution < -0.4 is 5.56 Å². The van der Waals surface area contributed by atoms with Gasteiger partial charge in [-0.15, -0.1) is 0 Å². The molecule has 0 radical (unpaired) electrons. The molecule has 13 heavy (non-hydrogen) atoms. The Balaban J connectivity index is 3.39. The first-order valence-electron chi connectivity index (χ1n) is 3.85. The van der Waals surface area contributed by atoms with Crippen molar-refractivity contribution in [3.05, 3.63) is 28.7 Å². The zero-order valence-corrected chi connectivity index (χ0v) is 8.34. The van der Waals surface area contributed by atoms with Crippen LogP contribution in [0.1, 0.15) is 6.92 Å². The standard InChI is InChI=1S/C8H11NO3S/c1-3-9-6-7(13(2,11)12)4-5-8(9)10/h4-6H,3H2,1-2H3. The van der Waals surface area contributed by atoms with Gasteiger partial charge in [-0.25, -0.2) is 8.42 Å². The summed E-state index contributed by atoms with van der Waals surface area (Å²) in [5, 5.41) is 0. The molecule has 1 rings (SSSR count). The van der Waals surface area contributed by atoms with E-state index in [2.05, 4.69) is 0 Å². The highest BCUT2D eigenvalue weighted by Crippen LogP contribution is 2.04. The fraction of sp³-hybridized carbons (Fsp3) is 0.375. The van der Waals surface area contributed by atoms with Crippen LogP contribution in [0.25, 0.3) is 0 Å². The van der Waals surface area contributed by atoms with Crippen molar-refractivity contribution in [2.45, 2.75) is 18.4 Å². The molecule has 0 unspecified atom stereocenters. The Morgan fingerprint density at radius 1 is 1.38 bits per heavy atom. The van der Waals surface area contributed by atoms with Gasteiger partial charge in [0.25, 0.3) is 5.56 Å². The Hall–Kier alpha value is -1.10. The SMILES string of the molecule is CCn1cc(S(C)(=O)=O)ccc1=O. The van der Waals surface area contributed by atoms with E-state index in [1.165, 1.54) is 22.9 Å². The lowest BCUT2D eigenvalue weighted by molar-refractivity contribution is 0.599. The van der Waals surface area contributed by atoms with Crippen LogP contribution in [-0.2, 0) is 16.4 Å². The van der Waals surface area contributed by atoms with Gasteiger partial charge in [-0.05, 0) is 13.0 Å². The normalized spacial score (nSPS) is 11.5. The van der Waals surface area contributed by atoms with Crippen molar-refractivity contribution < 1.29 is 8.42 Å². The van der Waals surface area contributed by atoms with Crippen LogP contribution in [0, 0.1) is 0 Å². The fourth-order valence-electron chi connectivity index (χ4n) is 0.976. The van der Waals surface area contributed by atoms with E-state index in [4.69, 9.17) is 0 Å². The molecule has 1 heterocycles. The molecule has 5 heteroatoms. The van der Waals surface area contributed by atoms with Crippen LogP contribution in [0.15, 0.2) is 28.0 Å². The molecule has 0 aliphatic heterocycles. The maximum Gasteiger partial charge on any atom is 0.250 e. The van der Waals surface area contributed by atoms with Gasteiger partial charge in [0.15, 0.2) is 9.84 Å². The van der Waals surface area contributed by atoms with Gasteiger partial charge < -0.3 is 4.57 Å². The molecule has 4 nitrogen and oxygen atoms in total. The smallest absolute Gasteiger partial charge is 0.250 e. The molecule has 0 saturated heterocycles. The van der Waals surface area contributed by atoms with Gasteiger partial charge in [0, 0.05) is 25.1 Å². The van der Waals surface area contributed by atoms with Gasteiger partial charge in [-0.3, -0.25) is 4.79 Å². The van der Waals surface area contributed by atoms with Crippen molar-refractivity contribution >= 4 is 9.84 Å². The molecule has 0 atom stereocenters. The fourth-order valence-corrected chi connectivity index (χ4v) is 1.61. The Bertz CT molecular complexity index is 459. The number of sulfone groups is 1. The molecule has 0 aliphatic carbocycles. The van der Waals surface area contributed by atoms with Crippen molar-refractivity contribution in [2.75, 3.05) is 6.26 Å². The Morgan fingerprint density at radius 3 is 2.46 bits per heavy atom. The monoisotopic (exact) mass is 201 g/mol. The van der Waals surface area contributed by atoms with Crippen molar-refractivity contribution in [2.24, 2.45) is 0 Å². The second kappa shape index (κ2) is 3.33. The topological polar surface area (TPSA) is 56.1 Å². The van der Waals surface area contributed by atoms with E-state index in [0.717, 1.165) is 6.26 Å². The molecule has 0 aliphatic rings. The summed E-state index contributed by atoms with van der Waals surface area (Å²) in [6.45, 7) is 2.26. The highest BCUT2D eigenvalue weighted by atomic mass is 32.2. The number of nitrogens with zero attached hydrogens (tertiary/aromatic N) is 1. The molecule has 0 aromatic carbocycles. The highest BCUT2D eigenvalue weighted by molar-refractivity contribution is 7.90. The van der Waals surface area contributed by atoms with Gasteiger partial charge in [0.1, 0.15) is 0 Å². The third-order valence-corrected chi connectivity index (χ3v) is 2.82. The Morgan fingerprint density at radius 2 is 2.00 bits per heavy atom. The zero-order valence-electron chi connectivity index (χ0n) is 7.52. The summed E-state index contributed by atoms with van der Waals surface area (Å²) in [6, 6.07) is 2.59. The second-order valence-corrected chi connectivity index (χ2v) is 4.78. The van der Waals surface area contributed by atoms with Gasteiger partial charge in [-0.1, -0.05) is 0 Å². The zero-order chi connectivity index (χ0) is 10.1. The third kappa shape index (κ3) is 2.18. The summed E-state index contributed by atoms with van der Waals surface area (Å²) in [7, 11) is -3.21. The Labute approximate surface area is 76.7 Å². The van der Waals surface area contributed by atoms with E-state index < -0.39 is 9.84 Å².